The molecule has 2 rings (SSSR count). The Kier molecular flexibility index (Phi) is 2.96. The Balaban J connectivity index is 2.28. The normalized spacial score (nSPS) is 14.6. The van der Waals surface area contributed by atoms with Crippen LogP contribution in [0.25, 0.3) is 0 Å². The molecule has 86 valence electrons. The highest BCUT2D eigenvalue weighted by atomic mass is 16.3. The van der Waals surface area contributed by atoms with Gasteiger partial charge >= 0.3 is 0 Å². The lowest BCUT2D eigenvalue weighted by Crippen LogP contribution is -2.39. The summed E-state index contributed by atoms with van der Waals surface area (Å²) in [7, 11) is 0. The van der Waals surface area contributed by atoms with Crippen LogP contribution in [0.2, 0.25) is 0 Å². The second-order valence-electron chi connectivity index (χ2n) is 3.81. The number of carbonyl (C=O) groups is 1. The number of amides is 1. The standard InChI is InChI=1S/C11H15N3O2/c12-4-1-5-14-7-11(16)13-9-3-2-8(15)6-10(9)14/h2-3,6,15H,1,4-5,7,12H2,(H,13,16). The van der Waals surface area contributed by atoms with Gasteiger partial charge in [-0.25, -0.2) is 0 Å². The Morgan fingerprint density at radius 2 is 2.31 bits per heavy atom. The molecule has 4 N–H and O–H groups in total. The number of hydrogen-bond donors (Lipinski definition) is 3. The number of nitrogens with two attached hydrogens (primary N) is 1. The zero-order chi connectivity index (χ0) is 11.5. The van der Waals surface area contributed by atoms with Gasteiger partial charge in [0, 0.05) is 12.6 Å². The molecule has 0 spiro atoms. The van der Waals surface area contributed by atoms with Gasteiger partial charge in [-0.3, -0.25) is 4.79 Å². The van der Waals surface area contributed by atoms with Gasteiger partial charge in [0.1, 0.15) is 5.75 Å². The fourth-order valence-corrected chi connectivity index (χ4v) is 1.82. The quantitative estimate of drug-likeness (QED) is 0.649. The number of aromatic hydroxyl groups is 1. The molecule has 16 heavy (non-hydrogen) atoms. The second-order valence-corrected chi connectivity index (χ2v) is 3.81. The van der Waals surface area contributed by atoms with Gasteiger partial charge in [0.25, 0.3) is 0 Å². The maximum absolute atomic E-state index is 11.4. The van der Waals surface area contributed by atoms with Crippen molar-refractivity contribution in [2.24, 2.45) is 5.73 Å². The molecule has 1 aliphatic heterocycles. The highest BCUT2D eigenvalue weighted by Crippen LogP contribution is 2.32. The molecule has 0 bridgehead atoms. The van der Waals surface area contributed by atoms with E-state index in [0.29, 0.717) is 13.1 Å². The van der Waals surface area contributed by atoms with Crippen molar-refractivity contribution in [3.63, 3.8) is 0 Å². The van der Waals surface area contributed by atoms with Gasteiger partial charge in [-0.05, 0) is 25.1 Å². The van der Waals surface area contributed by atoms with Crippen molar-refractivity contribution in [3.05, 3.63) is 18.2 Å². The van der Waals surface area contributed by atoms with Crippen molar-refractivity contribution in [2.75, 3.05) is 29.9 Å². The van der Waals surface area contributed by atoms with Crippen LogP contribution in [0.3, 0.4) is 0 Å². The Morgan fingerprint density at radius 1 is 1.50 bits per heavy atom. The number of benzene rings is 1. The second kappa shape index (κ2) is 4.40. The van der Waals surface area contributed by atoms with E-state index in [-0.39, 0.29) is 11.7 Å². The molecule has 0 saturated carbocycles. The molecule has 0 unspecified atom stereocenters. The first-order chi connectivity index (χ1) is 7.70. The van der Waals surface area contributed by atoms with E-state index in [9.17, 15) is 9.90 Å². The third-order valence-corrected chi connectivity index (χ3v) is 2.56. The lowest BCUT2D eigenvalue weighted by atomic mass is 10.1. The van der Waals surface area contributed by atoms with Crippen LogP contribution in [0.1, 0.15) is 6.42 Å². The summed E-state index contributed by atoms with van der Waals surface area (Å²) in [4.78, 5) is 13.4. The van der Waals surface area contributed by atoms with Crippen LogP contribution in [0.15, 0.2) is 18.2 Å². The van der Waals surface area contributed by atoms with Gasteiger partial charge in [0.05, 0.1) is 17.9 Å². The number of nitrogens with one attached hydrogen (secondary N) is 1. The molecule has 0 aromatic heterocycles. The molecule has 1 aromatic rings. The largest absolute Gasteiger partial charge is 0.508 e. The number of carbonyl (C=O) groups excluding carboxylic acids is 1. The van der Waals surface area contributed by atoms with Gasteiger partial charge in [-0.1, -0.05) is 0 Å². The SMILES string of the molecule is NCCCN1CC(=O)Nc2ccc(O)cc21. The predicted octanol–water partition coefficient (Wildman–Crippen LogP) is 0.499. The van der Waals surface area contributed by atoms with Gasteiger partial charge in [0.2, 0.25) is 5.91 Å². The number of phenolic OH excluding ortho intramolecular Hbond substituents is 1. The molecular formula is C11H15N3O2. The van der Waals surface area contributed by atoms with Crippen LogP contribution in [-0.2, 0) is 4.79 Å². The summed E-state index contributed by atoms with van der Waals surface area (Å²) in [5.41, 5.74) is 7.05. The van der Waals surface area contributed by atoms with E-state index in [1.165, 1.54) is 0 Å². The summed E-state index contributed by atoms with van der Waals surface area (Å²) in [6.07, 6.45) is 0.822. The minimum Gasteiger partial charge on any atom is -0.508 e. The maximum atomic E-state index is 11.4. The Hall–Kier alpha value is -1.75. The smallest absolute Gasteiger partial charge is 0.243 e. The number of nitrogens with zero attached hydrogens (tertiary/aromatic N) is 1. The number of fused-ring (bicyclic) bond motifs is 1. The van der Waals surface area contributed by atoms with Crippen molar-refractivity contribution in [2.45, 2.75) is 6.42 Å². The number of rotatable bonds is 3. The lowest BCUT2D eigenvalue weighted by Gasteiger charge is -2.30. The topological polar surface area (TPSA) is 78.6 Å². The van der Waals surface area contributed by atoms with E-state index in [4.69, 9.17) is 5.73 Å². The monoisotopic (exact) mass is 221 g/mol. The summed E-state index contributed by atoms with van der Waals surface area (Å²) in [5, 5.41) is 12.2. The summed E-state index contributed by atoms with van der Waals surface area (Å²) in [6.45, 7) is 1.63. The first kappa shape index (κ1) is 10.8. The fourth-order valence-electron chi connectivity index (χ4n) is 1.82. The molecule has 0 fully saturated rings. The molecule has 0 radical (unpaired) electrons. The van der Waals surface area contributed by atoms with Crippen molar-refractivity contribution >= 4 is 17.3 Å². The van der Waals surface area contributed by atoms with Crippen LogP contribution in [0, 0.1) is 0 Å². The molecule has 0 aliphatic carbocycles. The minimum absolute atomic E-state index is 0.0322. The van der Waals surface area contributed by atoms with Crippen molar-refractivity contribution in [3.8, 4) is 5.75 Å². The fraction of sp³-hybridized carbons (Fsp3) is 0.364. The van der Waals surface area contributed by atoms with Crippen LogP contribution in [-0.4, -0.2) is 30.6 Å². The Bertz CT molecular complexity index is 406. The van der Waals surface area contributed by atoms with E-state index in [2.05, 4.69) is 5.32 Å². The van der Waals surface area contributed by atoms with Gasteiger partial charge < -0.3 is 21.1 Å². The Morgan fingerprint density at radius 3 is 3.06 bits per heavy atom. The molecule has 1 aliphatic rings. The lowest BCUT2D eigenvalue weighted by molar-refractivity contribution is -0.115. The van der Waals surface area contributed by atoms with Crippen LogP contribution < -0.4 is 16.0 Å². The van der Waals surface area contributed by atoms with Crippen LogP contribution in [0.4, 0.5) is 11.4 Å². The number of hydrogen-bond acceptors (Lipinski definition) is 4. The first-order valence-electron chi connectivity index (χ1n) is 5.28. The number of anilines is 2. The molecule has 5 heteroatoms. The Labute approximate surface area is 93.9 Å². The van der Waals surface area contributed by atoms with E-state index in [1.807, 2.05) is 4.90 Å². The zero-order valence-electron chi connectivity index (χ0n) is 8.94. The van der Waals surface area contributed by atoms with Crippen LogP contribution >= 0.6 is 0 Å². The average Bonchev–Trinajstić information content (AvgIpc) is 2.26. The van der Waals surface area contributed by atoms with Crippen LogP contribution in [0.5, 0.6) is 5.75 Å². The van der Waals surface area contributed by atoms with Gasteiger partial charge in [-0.2, -0.15) is 0 Å². The summed E-state index contributed by atoms with van der Waals surface area (Å²) >= 11 is 0. The molecule has 1 amide bonds. The minimum atomic E-state index is -0.0322. The summed E-state index contributed by atoms with van der Waals surface area (Å²) in [5.74, 6) is 0.169. The predicted molar refractivity (Wildman–Crippen MR) is 62.6 cm³/mol. The molecular weight excluding hydrogens is 206 g/mol. The molecule has 1 aromatic carbocycles. The van der Waals surface area contributed by atoms with Gasteiger partial charge in [0.15, 0.2) is 0 Å². The first-order valence-corrected chi connectivity index (χ1v) is 5.28. The molecule has 5 nitrogen and oxygen atoms in total. The summed E-state index contributed by atoms with van der Waals surface area (Å²) < 4.78 is 0. The molecule has 1 heterocycles. The third-order valence-electron chi connectivity index (χ3n) is 2.56. The highest BCUT2D eigenvalue weighted by molar-refractivity contribution is 6.01. The van der Waals surface area contributed by atoms with E-state index < -0.39 is 0 Å². The van der Waals surface area contributed by atoms with E-state index >= 15 is 0 Å². The zero-order valence-corrected chi connectivity index (χ0v) is 8.94. The molecule has 0 saturated heterocycles. The maximum Gasteiger partial charge on any atom is 0.243 e. The average molecular weight is 221 g/mol. The van der Waals surface area contributed by atoms with Crippen molar-refractivity contribution < 1.29 is 9.90 Å². The van der Waals surface area contributed by atoms with Gasteiger partial charge in [-0.15, -0.1) is 0 Å². The highest BCUT2D eigenvalue weighted by Gasteiger charge is 2.21. The van der Waals surface area contributed by atoms with E-state index in [1.54, 1.807) is 18.2 Å². The van der Waals surface area contributed by atoms with E-state index in [0.717, 1.165) is 24.3 Å². The third kappa shape index (κ3) is 2.09. The van der Waals surface area contributed by atoms with Crippen molar-refractivity contribution in [1.29, 1.82) is 0 Å². The summed E-state index contributed by atoms with van der Waals surface area (Å²) in [6, 6.07) is 4.92. The molecule has 0 atom stereocenters. The van der Waals surface area contributed by atoms with Crippen molar-refractivity contribution in [1.82, 2.24) is 0 Å². The number of phenols is 1.